The van der Waals surface area contributed by atoms with E-state index in [1.807, 2.05) is 0 Å². The number of aromatic nitrogens is 4. The van der Waals surface area contributed by atoms with Gasteiger partial charge in [-0.25, -0.2) is 19.5 Å². The third-order valence-corrected chi connectivity index (χ3v) is 6.50. The van der Waals surface area contributed by atoms with Gasteiger partial charge in [0.2, 0.25) is 0 Å². The zero-order valence-corrected chi connectivity index (χ0v) is 20.3. The minimum Gasteiger partial charge on any atom is -0.493 e. The highest BCUT2D eigenvalue weighted by Crippen LogP contribution is 2.46. The number of benzene rings is 1. The van der Waals surface area contributed by atoms with Crippen LogP contribution in [0.2, 0.25) is 0 Å². The SMILES string of the molecule is COc1cc(COP(=O)(O)OC[C@H]2O[C@@H](n3cnc4c(N)ncnc43)[C@H](O)[C@@H]2O)c([N+](=O)[O-])cc1OC. The Hall–Kier alpha value is -3.44. The average Bonchev–Trinajstić information content (AvgIpc) is 3.42. The average molecular weight is 542 g/mol. The van der Waals surface area contributed by atoms with Crippen LogP contribution in [-0.2, 0) is 25.0 Å². The lowest BCUT2D eigenvalue weighted by Gasteiger charge is -2.18. The normalized spacial score (nSPS) is 23.2. The third-order valence-electron chi connectivity index (χ3n) is 5.57. The Morgan fingerprint density at radius 1 is 1.16 bits per heavy atom. The number of anilines is 1. The molecule has 37 heavy (non-hydrogen) atoms. The number of methoxy groups -OCH3 is 2. The number of fused-ring (bicyclic) bond motifs is 1. The van der Waals surface area contributed by atoms with E-state index in [0.717, 1.165) is 6.07 Å². The van der Waals surface area contributed by atoms with Crippen LogP contribution in [0.1, 0.15) is 11.8 Å². The molecule has 1 saturated heterocycles. The highest BCUT2D eigenvalue weighted by molar-refractivity contribution is 7.47. The highest BCUT2D eigenvalue weighted by Gasteiger charge is 2.45. The molecule has 3 aromatic rings. The van der Waals surface area contributed by atoms with Gasteiger partial charge in [-0.15, -0.1) is 0 Å². The van der Waals surface area contributed by atoms with Crippen LogP contribution in [0, 0.1) is 10.1 Å². The van der Waals surface area contributed by atoms with E-state index in [1.165, 1.54) is 37.5 Å². The van der Waals surface area contributed by atoms with Crippen molar-refractivity contribution in [3.05, 3.63) is 40.5 Å². The first kappa shape index (κ1) is 26.6. The number of nitrogens with two attached hydrogens (primary N) is 1. The lowest BCUT2D eigenvalue weighted by molar-refractivity contribution is -0.385. The molecule has 200 valence electrons. The van der Waals surface area contributed by atoms with E-state index >= 15 is 0 Å². The van der Waals surface area contributed by atoms with Gasteiger partial charge in [-0.2, -0.15) is 0 Å². The molecule has 0 radical (unpaired) electrons. The lowest BCUT2D eigenvalue weighted by atomic mass is 10.1. The molecule has 4 rings (SSSR count). The Morgan fingerprint density at radius 2 is 1.86 bits per heavy atom. The van der Waals surface area contributed by atoms with E-state index in [-0.39, 0.29) is 34.0 Å². The minimum atomic E-state index is -4.80. The van der Waals surface area contributed by atoms with Crippen molar-refractivity contribution < 1.29 is 47.9 Å². The number of nitrogen functional groups attached to an aromatic ring is 1. The van der Waals surface area contributed by atoms with Crippen LogP contribution in [0.5, 0.6) is 11.5 Å². The van der Waals surface area contributed by atoms with Gasteiger partial charge >= 0.3 is 7.82 Å². The molecule has 2 aromatic heterocycles. The number of phosphoric acid groups is 1. The Kier molecular flexibility index (Phi) is 7.56. The largest absolute Gasteiger partial charge is 0.493 e. The van der Waals surface area contributed by atoms with Crippen molar-refractivity contribution in [3.63, 3.8) is 0 Å². The maximum absolute atomic E-state index is 12.5. The summed E-state index contributed by atoms with van der Waals surface area (Å²) in [7, 11) is -2.18. The van der Waals surface area contributed by atoms with Gasteiger partial charge in [-0.1, -0.05) is 0 Å². The van der Waals surface area contributed by atoms with Gasteiger partial charge in [0.1, 0.15) is 30.2 Å². The van der Waals surface area contributed by atoms with Gasteiger partial charge in [0, 0.05) is 0 Å². The van der Waals surface area contributed by atoms with Crippen molar-refractivity contribution in [2.75, 3.05) is 26.6 Å². The Labute approximate surface area is 208 Å². The molecule has 1 fully saturated rings. The van der Waals surface area contributed by atoms with Crippen LogP contribution in [0.4, 0.5) is 11.5 Å². The first-order valence-electron chi connectivity index (χ1n) is 10.5. The predicted molar refractivity (Wildman–Crippen MR) is 122 cm³/mol. The van der Waals surface area contributed by atoms with Gasteiger partial charge < -0.3 is 35.1 Å². The van der Waals surface area contributed by atoms with Crippen LogP contribution < -0.4 is 15.2 Å². The van der Waals surface area contributed by atoms with Gasteiger partial charge in [-0.05, 0) is 6.07 Å². The Bertz CT molecular complexity index is 1350. The van der Waals surface area contributed by atoms with E-state index < -0.39 is 56.2 Å². The molecule has 18 heteroatoms. The van der Waals surface area contributed by atoms with E-state index in [9.17, 15) is 29.8 Å². The zero-order valence-electron chi connectivity index (χ0n) is 19.4. The molecule has 5 atom stereocenters. The van der Waals surface area contributed by atoms with Crippen LogP contribution in [0.3, 0.4) is 0 Å². The number of nitro groups is 1. The Morgan fingerprint density at radius 3 is 2.54 bits per heavy atom. The molecule has 0 aliphatic carbocycles. The summed E-state index contributed by atoms with van der Waals surface area (Å²) in [6, 6.07) is 2.32. The fourth-order valence-corrected chi connectivity index (χ4v) is 4.42. The van der Waals surface area contributed by atoms with Crippen LogP contribution >= 0.6 is 7.82 Å². The van der Waals surface area contributed by atoms with Gasteiger partial charge in [0.15, 0.2) is 29.2 Å². The summed E-state index contributed by atoms with van der Waals surface area (Å²) in [5.41, 5.74) is 5.73. The van der Waals surface area contributed by atoms with E-state index in [4.69, 9.17) is 29.0 Å². The number of ether oxygens (including phenoxy) is 3. The first-order chi connectivity index (χ1) is 17.6. The fourth-order valence-electron chi connectivity index (χ4n) is 3.70. The number of nitro benzene ring substituents is 1. The van der Waals surface area contributed by atoms with Crippen molar-refractivity contribution >= 4 is 30.5 Å². The zero-order chi connectivity index (χ0) is 26.9. The summed E-state index contributed by atoms with van der Waals surface area (Å²) in [5, 5.41) is 32.3. The van der Waals surface area contributed by atoms with E-state index in [0.29, 0.717) is 0 Å². The number of phosphoric ester groups is 1. The molecule has 1 aromatic carbocycles. The third kappa shape index (κ3) is 5.33. The predicted octanol–water partition coefficient (Wildman–Crippen LogP) is 0.287. The molecule has 0 spiro atoms. The maximum atomic E-state index is 12.5. The van der Waals surface area contributed by atoms with Crippen LogP contribution in [0.25, 0.3) is 11.2 Å². The molecule has 0 amide bonds. The summed E-state index contributed by atoms with van der Waals surface area (Å²) in [6.45, 7) is -1.35. The van der Waals surface area contributed by atoms with Gasteiger partial charge in [0.05, 0.1) is 50.3 Å². The highest BCUT2D eigenvalue weighted by atomic mass is 31.2. The monoisotopic (exact) mass is 542 g/mol. The molecule has 0 bridgehead atoms. The molecule has 3 heterocycles. The topological polar surface area (TPSA) is 237 Å². The summed E-state index contributed by atoms with van der Waals surface area (Å²) in [5.74, 6) is 0.327. The molecule has 1 aliphatic rings. The second-order valence-corrected chi connectivity index (χ2v) is 9.21. The van der Waals surface area contributed by atoms with Crippen molar-refractivity contribution in [3.8, 4) is 11.5 Å². The summed E-state index contributed by atoms with van der Waals surface area (Å²) >= 11 is 0. The van der Waals surface area contributed by atoms with E-state index in [1.54, 1.807) is 0 Å². The lowest BCUT2D eigenvalue weighted by Crippen LogP contribution is -2.33. The van der Waals surface area contributed by atoms with Crippen LogP contribution in [-0.4, -0.2) is 78.7 Å². The number of nitrogens with zero attached hydrogens (tertiary/aromatic N) is 5. The van der Waals surface area contributed by atoms with Crippen molar-refractivity contribution in [1.82, 2.24) is 19.5 Å². The summed E-state index contributed by atoms with van der Waals surface area (Å²) < 4.78 is 39.4. The number of hydrogen-bond acceptors (Lipinski definition) is 14. The van der Waals surface area contributed by atoms with Gasteiger partial charge in [-0.3, -0.25) is 23.7 Å². The smallest absolute Gasteiger partial charge is 0.472 e. The van der Waals surface area contributed by atoms with Crippen molar-refractivity contribution in [2.45, 2.75) is 31.1 Å². The summed E-state index contributed by atoms with van der Waals surface area (Å²) in [6.07, 6.45) is -2.94. The first-order valence-corrected chi connectivity index (χ1v) is 12.0. The Balaban J connectivity index is 1.43. The van der Waals surface area contributed by atoms with Gasteiger partial charge in [0.25, 0.3) is 5.69 Å². The number of rotatable bonds is 10. The molecular formula is C19H23N6O11P. The molecular weight excluding hydrogens is 519 g/mol. The maximum Gasteiger partial charge on any atom is 0.472 e. The number of imidazole rings is 1. The standard InChI is InChI=1S/C19H23N6O11P/c1-32-11-3-9(10(25(28)29)4-12(11)33-2)5-34-37(30,31)35-6-13-15(26)16(27)19(36-13)24-8-23-14-17(20)21-7-22-18(14)24/h3-4,7-8,13,15-16,19,26-27H,5-6H2,1-2H3,(H,30,31)(H2,20,21,22)/t13-,15-,16-,19-/m1/s1. The molecule has 1 aliphatic heterocycles. The number of aliphatic hydroxyl groups excluding tert-OH is 2. The quantitative estimate of drug-likeness (QED) is 0.153. The van der Waals surface area contributed by atoms with Crippen molar-refractivity contribution in [1.29, 1.82) is 0 Å². The van der Waals surface area contributed by atoms with Crippen molar-refractivity contribution in [2.24, 2.45) is 0 Å². The van der Waals surface area contributed by atoms with E-state index in [2.05, 4.69) is 15.0 Å². The summed E-state index contributed by atoms with van der Waals surface area (Å²) in [4.78, 5) is 32.7. The number of aliphatic hydroxyl groups is 2. The fraction of sp³-hybridized carbons (Fsp3) is 0.421. The molecule has 5 N–H and O–H groups in total. The van der Waals surface area contributed by atoms with Crippen LogP contribution in [0.15, 0.2) is 24.8 Å². The second-order valence-electron chi connectivity index (χ2n) is 7.76. The molecule has 17 nitrogen and oxygen atoms in total. The molecule has 1 unspecified atom stereocenters. The minimum absolute atomic E-state index is 0.0820. The molecule has 0 saturated carbocycles. The second kappa shape index (κ2) is 10.5. The number of hydrogen-bond donors (Lipinski definition) is 4.